The molecule has 0 spiro atoms. The Labute approximate surface area is 121 Å². The monoisotopic (exact) mass is 292 g/mol. The number of aromatic nitrogens is 1. The van der Waals surface area contributed by atoms with Crippen molar-refractivity contribution in [2.24, 2.45) is 10.7 Å². The van der Waals surface area contributed by atoms with Crippen LogP contribution >= 0.6 is 12.4 Å². The van der Waals surface area contributed by atoms with Gasteiger partial charge in [-0.15, -0.1) is 12.4 Å². The van der Waals surface area contributed by atoms with Crippen LogP contribution in [0.3, 0.4) is 0 Å². The summed E-state index contributed by atoms with van der Waals surface area (Å²) in [5.74, 6) is 0.953. The average Bonchev–Trinajstić information content (AvgIpc) is 2.40. The van der Waals surface area contributed by atoms with Gasteiger partial charge in [0.05, 0.1) is 4.92 Å². The average molecular weight is 293 g/mol. The van der Waals surface area contributed by atoms with Gasteiger partial charge in [0.25, 0.3) is 5.69 Å². The first kappa shape index (κ1) is 15.6. The lowest BCUT2D eigenvalue weighted by Crippen LogP contribution is -2.14. The lowest BCUT2D eigenvalue weighted by Gasteiger charge is -2.01. The van der Waals surface area contributed by atoms with Crippen LogP contribution in [0.25, 0.3) is 0 Å². The van der Waals surface area contributed by atoms with E-state index in [0.717, 1.165) is 5.56 Å². The maximum atomic E-state index is 10.5. The Hall–Kier alpha value is -2.47. The van der Waals surface area contributed by atoms with Gasteiger partial charge in [-0.3, -0.25) is 10.1 Å². The third-order valence-corrected chi connectivity index (χ3v) is 2.44. The fourth-order valence-electron chi connectivity index (χ4n) is 1.55. The predicted molar refractivity (Wildman–Crippen MR) is 79.6 cm³/mol. The Morgan fingerprint density at radius 1 is 1.25 bits per heavy atom. The molecule has 0 amide bonds. The molecule has 0 atom stereocenters. The first-order valence-electron chi connectivity index (χ1n) is 5.62. The Bertz CT molecular complexity index is 600. The highest BCUT2D eigenvalue weighted by Crippen LogP contribution is 2.13. The zero-order valence-corrected chi connectivity index (χ0v) is 11.3. The largest absolute Gasteiger partial charge is 0.387 e. The van der Waals surface area contributed by atoms with Gasteiger partial charge in [0.15, 0.2) is 5.82 Å². The summed E-state index contributed by atoms with van der Waals surface area (Å²) in [6.45, 7) is 0. The summed E-state index contributed by atoms with van der Waals surface area (Å²) in [6, 6.07) is 11.6. The van der Waals surface area contributed by atoms with Gasteiger partial charge in [0.2, 0.25) is 0 Å². The van der Waals surface area contributed by atoms with Crippen LogP contribution in [0.1, 0.15) is 5.56 Å². The lowest BCUT2D eigenvalue weighted by atomic mass is 10.1. The van der Waals surface area contributed by atoms with Crippen LogP contribution in [-0.4, -0.2) is 15.7 Å². The van der Waals surface area contributed by atoms with Gasteiger partial charge in [-0.2, -0.15) is 0 Å². The van der Waals surface area contributed by atoms with Crippen molar-refractivity contribution in [3.8, 4) is 0 Å². The van der Waals surface area contributed by atoms with Gasteiger partial charge in [-0.1, -0.05) is 18.2 Å². The van der Waals surface area contributed by atoms with E-state index < -0.39 is 4.92 Å². The van der Waals surface area contributed by atoms with E-state index in [0.29, 0.717) is 18.1 Å². The smallest absolute Gasteiger partial charge is 0.269 e. The molecule has 0 bridgehead atoms. The maximum Gasteiger partial charge on any atom is 0.269 e. The van der Waals surface area contributed by atoms with Crippen LogP contribution in [-0.2, 0) is 6.42 Å². The number of nitro benzene ring substituents is 1. The number of non-ortho nitro benzene ring substituents is 1. The van der Waals surface area contributed by atoms with E-state index in [1.807, 2.05) is 6.07 Å². The third kappa shape index (κ3) is 4.33. The maximum absolute atomic E-state index is 10.5. The summed E-state index contributed by atoms with van der Waals surface area (Å²) in [6.07, 6.45) is 2.06. The Kier molecular flexibility index (Phi) is 5.61. The minimum atomic E-state index is -0.435. The number of nitrogens with two attached hydrogens (primary N) is 1. The molecule has 2 rings (SSSR count). The third-order valence-electron chi connectivity index (χ3n) is 2.44. The number of pyridine rings is 1. The van der Waals surface area contributed by atoms with Crippen LogP contribution in [0.15, 0.2) is 53.7 Å². The van der Waals surface area contributed by atoms with Gasteiger partial charge in [0, 0.05) is 24.8 Å². The molecule has 0 aliphatic rings. The molecule has 0 radical (unpaired) electrons. The summed E-state index contributed by atoms with van der Waals surface area (Å²) >= 11 is 0. The van der Waals surface area contributed by atoms with Crippen LogP contribution in [0, 0.1) is 10.1 Å². The summed E-state index contributed by atoms with van der Waals surface area (Å²) in [4.78, 5) is 18.3. The summed E-state index contributed by atoms with van der Waals surface area (Å²) in [5.41, 5.74) is 6.73. The standard InChI is InChI=1S/C13H12N4O2.ClH/c14-12(16-13-3-1-2-8-15-13)9-10-4-6-11(7-5-10)17(18)19;/h1-8H,9H2,(H2,14,15,16);1H. The zero-order valence-electron chi connectivity index (χ0n) is 10.5. The molecule has 0 saturated carbocycles. The summed E-state index contributed by atoms with van der Waals surface area (Å²) < 4.78 is 0. The van der Waals surface area contributed by atoms with Crippen molar-refractivity contribution in [2.75, 3.05) is 0 Å². The molecule has 0 aliphatic carbocycles. The number of nitro groups is 1. The van der Waals surface area contributed by atoms with Crippen LogP contribution in [0.5, 0.6) is 0 Å². The number of benzene rings is 1. The fraction of sp³-hybridized carbons (Fsp3) is 0.0769. The van der Waals surface area contributed by atoms with Crippen LogP contribution < -0.4 is 5.73 Å². The van der Waals surface area contributed by atoms with E-state index in [9.17, 15) is 10.1 Å². The van der Waals surface area contributed by atoms with Gasteiger partial charge in [-0.05, 0) is 17.7 Å². The van der Waals surface area contributed by atoms with Gasteiger partial charge < -0.3 is 5.73 Å². The molecule has 7 heteroatoms. The fourth-order valence-corrected chi connectivity index (χ4v) is 1.55. The minimum Gasteiger partial charge on any atom is -0.387 e. The second kappa shape index (κ2) is 7.20. The van der Waals surface area contributed by atoms with Crippen molar-refractivity contribution >= 4 is 29.7 Å². The first-order chi connectivity index (χ1) is 9.15. The second-order valence-corrected chi connectivity index (χ2v) is 3.89. The lowest BCUT2D eigenvalue weighted by molar-refractivity contribution is -0.384. The number of amidine groups is 1. The molecule has 20 heavy (non-hydrogen) atoms. The molecule has 2 N–H and O–H groups in total. The van der Waals surface area contributed by atoms with Crippen LogP contribution in [0.4, 0.5) is 11.5 Å². The van der Waals surface area contributed by atoms with Crippen LogP contribution in [0.2, 0.25) is 0 Å². The van der Waals surface area contributed by atoms with Crippen molar-refractivity contribution in [1.82, 2.24) is 4.98 Å². The summed E-state index contributed by atoms with van der Waals surface area (Å²) in [7, 11) is 0. The number of hydrogen-bond donors (Lipinski definition) is 1. The Balaban J connectivity index is 0.00000200. The highest BCUT2D eigenvalue weighted by Gasteiger charge is 2.04. The molecule has 0 aliphatic heterocycles. The van der Waals surface area contributed by atoms with Crippen molar-refractivity contribution in [1.29, 1.82) is 0 Å². The van der Waals surface area contributed by atoms with Crippen molar-refractivity contribution in [3.05, 3.63) is 64.3 Å². The van der Waals surface area contributed by atoms with Crippen molar-refractivity contribution < 1.29 is 4.92 Å². The highest BCUT2D eigenvalue weighted by atomic mass is 35.5. The molecule has 1 aromatic carbocycles. The van der Waals surface area contributed by atoms with E-state index >= 15 is 0 Å². The van der Waals surface area contributed by atoms with Crippen molar-refractivity contribution in [2.45, 2.75) is 6.42 Å². The van der Waals surface area contributed by atoms with E-state index in [4.69, 9.17) is 5.73 Å². The highest BCUT2D eigenvalue weighted by molar-refractivity contribution is 5.85. The van der Waals surface area contributed by atoms with E-state index in [1.54, 1.807) is 30.5 Å². The molecule has 2 aromatic rings. The predicted octanol–water partition coefficient (Wildman–Crippen LogP) is 2.64. The van der Waals surface area contributed by atoms with Gasteiger partial charge in [-0.25, -0.2) is 9.98 Å². The quantitative estimate of drug-likeness (QED) is 0.405. The Morgan fingerprint density at radius 2 is 1.95 bits per heavy atom. The summed E-state index contributed by atoms with van der Waals surface area (Å²) in [5, 5.41) is 10.5. The zero-order chi connectivity index (χ0) is 13.7. The molecule has 0 fully saturated rings. The van der Waals surface area contributed by atoms with Gasteiger partial charge in [0.1, 0.15) is 5.84 Å². The van der Waals surface area contributed by atoms with E-state index in [-0.39, 0.29) is 18.1 Å². The molecule has 0 saturated heterocycles. The first-order valence-corrected chi connectivity index (χ1v) is 5.62. The molecule has 1 aromatic heterocycles. The molecule has 0 unspecified atom stereocenters. The van der Waals surface area contributed by atoms with Gasteiger partial charge >= 0.3 is 0 Å². The number of halogens is 1. The molecular formula is C13H13ClN4O2. The Morgan fingerprint density at radius 3 is 2.50 bits per heavy atom. The SMILES string of the molecule is Cl.N/C(Cc1ccc([N+](=O)[O-])cc1)=N\c1ccccn1. The number of aliphatic imine (C=N–C) groups is 1. The second-order valence-electron chi connectivity index (χ2n) is 3.89. The normalized spacial score (nSPS) is 10.7. The number of rotatable bonds is 4. The minimum absolute atomic E-state index is 0. The van der Waals surface area contributed by atoms with E-state index in [1.165, 1.54) is 12.1 Å². The number of nitrogens with zero attached hydrogens (tertiary/aromatic N) is 3. The molecule has 104 valence electrons. The van der Waals surface area contributed by atoms with E-state index in [2.05, 4.69) is 9.98 Å². The number of hydrogen-bond acceptors (Lipinski definition) is 4. The molecule has 6 nitrogen and oxygen atoms in total. The molecular weight excluding hydrogens is 280 g/mol. The van der Waals surface area contributed by atoms with Crippen molar-refractivity contribution in [3.63, 3.8) is 0 Å². The molecule has 1 heterocycles. The topological polar surface area (TPSA) is 94.4 Å².